The van der Waals surface area contributed by atoms with Crippen LogP contribution in [0.25, 0.3) is 0 Å². The summed E-state index contributed by atoms with van der Waals surface area (Å²) in [5.74, 6) is 0.194. The van der Waals surface area contributed by atoms with E-state index < -0.39 is 0 Å². The molecule has 0 bridgehead atoms. The standard InChI is InChI=1S/C11H17N3O/c1-7-5-9(14-11(2,3)4)8(6-12)10(13)15-7/h7H,5,13H2,1-4H3. The molecular formula is C11H17N3O. The number of nitrogens with zero attached hydrogens (tertiary/aromatic N) is 2. The van der Waals surface area contributed by atoms with Crippen molar-refractivity contribution < 1.29 is 4.74 Å². The van der Waals surface area contributed by atoms with E-state index in [1.165, 1.54) is 0 Å². The van der Waals surface area contributed by atoms with Crippen molar-refractivity contribution in [3.05, 3.63) is 11.5 Å². The molecule has 15 heavy (non-hydrogen) atoms. The summed E-state index contributed by atoms with van der Waals surface area (Å²) in [6, 6.07) is 2.05. The van der Waals surface area contributed by atoms with Crippen molar-refractivity contribution in [1.82, 2.24) is 0 Å². The Labute approximate surface area is 90.4 Å². The van der Waals surface area contributed by atoms with Gasteiger partial charge in [0.05, 0.1) is 11.3 Å². The normalized spacial score (nSPS) is 25.0. The first-order valence-electron chi connectivity index (χ1n) is 4.99. The number of nitriles is 1. The van der Waals surface area contributed by atoms with E-state index in [1.807, 2.05) is 33.8 Å². The number of hydrogen-bond acceptors (Lipinski definition) is 4. The third-order valence-electron chi connectivity index (χ3n) is 1.93. The molecule has 1 aliphatic heterocycles. The van der Waals surface area contributed by atoms with Crippen LogP contribution < -0.4 is 5.73 Å². The lowest BCUT2D eigenvalue weighted by atomic mass is 10.0. The summed E-state index contributed by atoms with van der Waals surface area (Å²) in [4.78, 5) is 4.50. The van der Waals surface area contributed by atoms with Gasteiger partial charge in [-0.1, -0.05) is 0 Å². The fourth-order valence-corrected chi connectivity index (χ4v) is 1.46. The molecular weight excluding hydrogens is 190 g/mol. The topological polar surface area (TPSA) is 71.4 Å². The fraction of sp³-hybridized carbons (Fsp3) is 0.636. The maximum absolute atomic E-state index is 8.97. The molecule has 2 N–H and O–H groups in total. The molecule has 0 aliphatic carbocycles. The highest BCUT2D eigenvalue weighted by Gasteiger charge is 2.25. The number of ether oxygens (including phenoxy) is 1. The molecule has 0 amide bonds. The van der Waals surface area contributed by atoms with Crippen molar-refractivity contribution in [3.63, 3.8) is 0 Å². The van der Waals surface area contributed by atoms with E-state index in [1.54, 1.807) is 0 Å². The van der Waals surface area contributed by atoms with Crippen LogP contribution in [0.1, 0.15) is 34.1 Å². The molecule has 1 unspecified atom stereocenters. The zero-order valence-electron chi connectivity index (χ0n) is 9.66. The van der Waals surface area contributed by atoms with Gasteiger partial charge in [0, 0.05) is 6.42 Å². The van der Waals surface area contributed by atoms with E-state index in [4.69, 9.17) is 15.7 Å². The predicted octanol–water partition coefficient (Wildman–Crippen LogP) is 1.73. The first kappa shape index (κ1) is 11.6. The molecule has 0 aromatic rings. The molecule has 0 aromatic carbocycles. The highest BCUT2D eigenvalue weighted by Crippen LogP contribution is 2.21. The zero-order valence-corrected chi connectivity index (χ0v) is 9.66. The maximum Gasteiger partial charge on any atom is 0.204 e. The summed E-state index contributed by atoms with van der Waals surface area (Å²) in [5.41, 5.74) is 6.57. The Morgan fingerprint density at radius 1 is 1.53 bits per heavy atom. The van der Waals surface area contributed by atoms with Gasteiger partial charge in [-0.15, -0.1) is 0 Å². The SMILES string of the molecule is CC1CC(=NC(C)(C)C)C(C#N)=C(N)O1. The summed E-state index contributed by atoms with van der Waals surface area (Å²) >= 11 is 0. The van der Waals surface area contributed by atoms with E-state index in [2.05, 4.69) is 4.99 Å². The summed E-state index contributed by atoms with van der Waals surface area (Å²) < 4.78 is 5.29. The minimum absolute atomic E-state index is 0.0109. The van der Waals surface area contributed by atoms with Crippen LogP contribution in [-0.2, 0) is 4.74 Å². The van der Waals surface area contributed by atoms with Gasteiger partial charge in [-0.2, -0.15) is 5.26 Å². The monoisotopic (exact) mass is 207 g/mol. The van der Waals surface area contributed by atoms with E-state index in [-0.39, 0.29) is 17.5 Å². The first-order chi connectivity index (χ1) is 6.83. The largest absolute Gasteiger partial charge is 0.475 e. The van der Waals surface area contributed by atoms with E-state index >= 15 is 0 Å². The summed E-state index contributed by atoms with van der Waals surface area (Å²) in [5, 5.41) is 8.97. The lowest BCUT2D eigenvalue weighted by Gasteiger charge is -2.24. The molecule has 0 radical (unpaired) electrons. The van der Waals surface area contributed by atoms with E-state index in [9.17, 15) is 0 Å². The Morgan fingerprint density at radius 3 is 2.60 bits per heavy atom. The van der Waals surface area contributed by atoms with Crippen LogP contribution in [0.4, 0.5) is 0 Å². The highest BCUT2D eigenvalue weighted by molar-refractivity contribution is 6.04. The molecule has 4 heteroatoms. The second-order valence-electron chi connectivity index (χ2n) is 4.71. The molecule has 0 spiro atoms. The first-order valence-corrected chi connectivity index (χ1v) is 4.99. The fourth-order valence-electron chi connectivity index (χ4n) is 1.46. The third-order valence-corrected chi connectivity index (χ3v) is 1.93. The Kier molecular flexibility index (Phi) is 3.04. The number of allylic oxidation sites excluding steroid dienone is 1. The van der Waals surface area contributed by atoms with Crippen LogP contribution in [0.15, 0.2) is 16.4 Å². The summed E-state index contributed by atoms with van der Waals surface area (Å²) in [6.07, 6.45) is 0.629. The lowest BCUT2D eigenvalue weighted by molar-refractivity contribution is 0.128. The van der Waals surface area contributed by atoms with Crippen LogP contribution in [-0.4, -0.2) is 17.4 Å². The summed E-state index contributed by atoms with van der Waals surface area (Å²) in [6.45, 7) is 7.89. The zero-order chi connectivity index (χ0) is 11.6. The average molecular weight is 207 g/mol. The molecule has 1 heterocycles. The van der Waals surface area contributed by atoms with Gasteiger partial charge < -0.3 is 10.5 Å². The minimum Gasteiger partial charge on any atom is -0.475 e. The minimum atomic E-state index is -0.200. The van der Waals surface area contributed by atoms with Gasteiger partial charge in [-0.25, -0.2) is 0 Å². The molecule has 1 rings (SSSR count). The van der Waals surface area contributed by atoms with Crippen LogP contribution in [0.5, 0.6) is 0 Å². The second kappa shape index (κ2) is 3.93. The van der Waals surface area contributed by atoms with Crippen molar-refractivity contribution in [2.45, 2.75) is 45.8 Å². The summed E-state index contributed by atoms with van der Waals surface area (Å²) in [7, 11) is 0. The second-order valence-corrected chi connectivity index (χ2v) is 4.71. The molecule has 1 aliphatic rings. The third kappa shape index (κ3) is 2.98. The molecule has 1 atom stereocenters. The molecule has 82 valence electrons. The van der Waals surface area contributed by atoms with Gasteiger partial charge in [0.2, 0.25) is 5.88 Å². The van der Waals surface area contributed by atoms with Crippen molar-refractivity contribution >= 4 is 5.71 Å². The average Bonchev–Trinajstić information content (AvgIpc) is 1.99. The van der Waals surface area contributed by atoms with Gasteiger partial charge in [-0.05, 0) is 27.7 Å². The van der Waals surface area contributed by atoms with Gasteiger partial charge in [0.1, 0.15) is 17.7 Å². The van der Waals surface area contributed by atoms with Gasteiger partial charge >= 0.3 is 0 Å². The van der Waals surface area contributed by atoms with Crippen molar-refractivity contribution in [2.75, 3.05) is 0 Å². The van der Waals surface area contributed by atoms with Crippen LogP contribution >= 0.6 is 0 Å². The maximum atomic E-state index is 8.97. The van der Waals surface area contributed by atoms with Gasteiger partial charge in [0.15, 0.2) is 0 Å². The molecule has 0 saturated carbocycles. The lowest BCUT2D eigenvalue weighted by Crippen LogP contribution is -2.29. The van der Waals surface area contributed by atoms with Crippen molar-refractivity contribution in [3.8, 4) is 6.07 Å². The quantitative estimate of drug-likeness (QED) is 0.657. The van der Waals surface area contributed by atoms with Crippen LogP contribution in [0.3, 0.4) is 0 Å². The Hall–Kier alpha value is -1.50. The van der Waals surface area contributed by atoms with E-state index in [0.717, 1.165) is 5.71 Å². The van der Waals surface area contributed by atoms with Gasteiger partial charge in [0.25, 0.3) is 0 Å². The Balaban J connectivity index is 3.13. The smallest absolute Gasteiger partial charge is 0.204 e. The van der Waals surface area contributed by atoms with Crippen LogP contribution in [0, 0.1) is 11.3 Å². The number of hydrogen-bond donors (Lipinski definition) is 1. The van der Waals surface area contributed by atoms with Crippen molar-refractivity contribution in [1.29, 1.82) is 5.26 Å². The van der Waals surface area contributed by atoms with Gasteiger partial charge in [-0.3, -0.25) is 4.99 Å². The highest BCUT2D eigenvalue weighted by atomic mass is 16.5. The molecule has 0 fully saturated rings. The Morgan fingerprint density at radius 2 is 2.13 bits per heavy atom. The molecule has 0 aromatic heterocycles. The van der Waals surface area contributed by atoms with E-state index in [0.29, 0.717) is 12.0 Å². The molecule has 0 saturated heterocycles. The number of rotatable bonds is 0. The number of aliphatic imine (C=N–C) groups is 1. The molecule has 4 nitrogen and oxygen atoms in total. The Bertz CT molecular complexity index is 355. The predicted molar refractivity (Wildman–Crippen MR) is 59.2 cm³/mol. The van der Waals surface area contributed by atoms with Crippen LogP contribution in [0.2, 0.25) is 0 Å². The number of nitrogens with two attached hydrogens (primary N) is 1. The van der Waals surface area contributed by atoms with Crippen molar-refractivity contribution in [2.24, 2.45) is 10.7 Å².